The Morgan fingerprint density at radius 2 is 2.33 bits per heavy atom. The van der Waals surface area contributed by atoms with Crippen LogP contribution in [0.25, 0.3) is 0 Å². The molecule has 1 heterocycles. The fourth-order valence-corrected chi connectivity index (χ4v) is 1.44. The van der Waals surface area contributed by atoms with E-state index >= 15 is 0 Å². The van der Waals surface area contributed by atoms with E-state index in [1.54, 1.807) is 0 Å². The molecule has 12 heavy (non-hydrogen) atoms. The predicted octanol–water partition coefficient (Wildman–Crippen LogP) is 1.07. The molecule has 0 radical (unpaired) electrons. The van der Waals surface area contributed by atoms with Gasteiger partial charge in [-0.1, -0.05) is 13.8 Å². The van der Waals surface area contributed by atoms with Gasteiger partial charge >= 0.3 is 0 Å². The van der Waals surface area contributed by atoms with Crippen LogP contribution in [-0.2, 0) is 0 Å². The summed E-state index contributed by atoms with van der Waals surface area (Å²) in [6.07, 6.45) is 0. The molecule has 0 bridgehead atoms. The van der Waals surface area contributed by atoms with Crippen LogP contribution in [0.5, 0.6) is 0 Å². The van der Waals surface area contributed by atoms with Crippen LogP contribution in [0.15, 0.2) is 0 Å². The molecule has 0 aromatic carbocycles. The molecule has 0 amide bonds. The van der Waals surface area contributed by atoms with Gasteiger partial charge in [-0.3, -0.25) is 0 Å². The van der Waals surface area contributed by atoms with E-state index in [4.69, 9.17) is 5.11 Å². The largest absolute Gasteiger partial charge is 0.395 e. The van der Waals surface area contributed by atoms with E-state index in [0.717, 1.165) is 11.0 Å². The van der Waals surface area contributed by atoms with E-state index in [2.05, 4.69) is 28.5 Å². The molecule has 0 aliphatic rings. The Hall–Kier alpha value is -0.680. The summed E-state index contributed by atoms with van der Waals surface area (Å²) in [5.74, 6) is 1.23. The SMILES string of the molecule is CC(C)c1nsc(NCCO)n1. The second-order valence-electron chi connectivity index (χ2n) is 2.76. The fraction of sp³-hybridized carbons (Fsp3) is 0.714. The Morgan fingerprint density at radius 1 is 1.58 bits per heavy atom. The first kappa shape index (κ1) is 9.41. The Morgan fingerprint density at radius 3 is 2.83 bits per heavy atom. The van der Waals surface area contributed by atoms with Crippen molar-refractivity contribution in [2.75, 3.05) is 18.5 Å². The lowest BCUT2D eigenvalue weighted by Gasteiger charge is -1.97. The molecule has 68 valence electrons. The van der Waals surface area contributed by atoms with E-state index in [1.165, 1.54) is 11.5 Å². The Labute approximate surface area is 75.8 Å². The van der Waals surface area contributed by atoms with Crippen LogP contribution in [0, 0.1) is 0 Å². The Balaban J connectivity index is 2.52. The van der Waals surface area contributed by atoms with Gasteiger partial charge in [0.1, 0.15) is 5.82 Å². The summed E-state index contributed by atoms with van der Waals surface area (Å²) in [5, 5.41) is 12.3. The third-order valence-corrected chi connectivity index (χ3v) is 2.03. The van der Waals surface area contributed by atoms with Crippen LogP contribution >= 0.6 is 11.5 Å². The highest BCUT2D eigenvalue weighted by atomic mass is 32.1. The zero-order valence-corrected chi connectivity index (χ0v) is 8.06. The number of aromatic nitrogens is 2. The topological polar surface area (TPSA) is 58.0 Å². The number of nitrogens with one attached hydrogen (secondary N) is 1. The highest BCUT2D eigenvalue weighted by Crippen LogP contribution is 2.16. The minimum atomic E-state index is 0.122. The van der Waals surface area contributed by atoms with Gasteiger partial charge in [-0.2, -0.15) is 4.37 Å². The van der Waals surface area contributed by atoms with Gasteiger partial charge in [-0.15, -0.1) is 0 Å². The molecular weight excluding hydrogens is 174 g/mol. The maximum absolute atomic E-state index is 8.54. The first-order valence-electron chi connectivity index (χ1n) is 3.92. The van der Waals surface area contributed by atoms with E-state index in [1.807, 2.05) is 0 Å². The van der Waals surface area contributed by atoms with Gasteiger partial charge in [-0.05, 0) is 0 Å². The van der Waals surface area contributed by atoms with Crippen molar-refractivity contribution in [3.05, 3.63) is 5.82 Å². The maximum Gasteiger partial charge on any atom is 0.202 e. The number of aliphatic hydroxyl groups is 1. The van der Waals surface area contributed by atoms with Crippen LogP contribution < -0.4 is 5.32 Å². The van der Waals surface area contributed by atoms with Gasteiger partial charge in [-0.25, -0.2) is 4.98 Å². The number of rotatable bonds is 4. The molecule has 0 saturated heterocycles. The molecule has 0 fully saturated rings. The molecule has 0 saturated carbocycles. The zero-order valence-electron chi connectivity index (χ0n) is 7.24. The van der Waals surface area contributed by atoms with Crippen LogP contribution in [0.1, 0.15) is 25.6 Å². The molecule has 0 spiro atoms. The van der Waals surface area contributed by atoms with Crippen LogP contribution in [0.4, 0.5) is 5.13 Å². The van der Waals surface area contributed by atoms with Crippen molar-refractivity contribution in [3.63, 3.8) is 0 Å². The van der Waals surface area contributed by atoms with Gasteiger partial charge in [0.25, 0.3) is 0 Å². The van der Waals surface area contributed by atoms with E-state index < -0.39 is 0 Å². The van der Waals surface area contributed by atoms with Gasteiger partial charge in [0, 0.05) is 24.0 Å². The second kappa shape index (κ2) is 4.37. The lowest BCUT2D eigenvalue weighted by molar-refractivity contribution is 0.311. The Bertz CT molecular complexity index is 236. The molecule has 5 heteroatoms. The normalized spacial score (nSPS) is 10.7. The highest BCUT2D eigenvalue weighted by Gasteiger charge is 2.06. The monoisotopic (exact) mass is 187 g/mol. The first-order valence-corrected chi connectivity index (χ1v) is 4.69. The molecule has 1 aromatic heterocycles. The van der Waals surface area contributed by atoms with Gasteiger partial charge in [0.05, 0.1) is 6.61 Å². The summed E-state index contributed by atoms with van der Waals surface area (Å²) in [6, 6.07) is 0. The van der Waals surface area contributed by atoms with Crippen molar-refractivity contribution in [1.82, 2.24) is 9.36 Å². The number of anilines is 1. The summed E-state index contributed by atoms with van der Waals surface area (Å²) >= 11 is 1.33. The molecule has 0 aliphatic carbocycles. The number of hydrogen-bond donors (Lipinski definition) is 2. The van der Waals surface area contributed by atoms with Crippen LogP contribution in [0.3, 0.4) is 0 Å². The van der Waals surface area contributed by atoms with Crippen LogP contribution in [-0.4, -0.2) is 27.6 Å². The van der Waals surface area contributed by atoms with Crippen molar-refractivity contribution >= 4 is 16.7 Å². The standard InChI is InChI=1S/C7H13N3OS/c1-5(2)6-9-7(12-10-6)8-3-4-11/h5,11H,3-4H2,1-2H3,(H,8,9,10). The minimum absolute atomic E-state index is 0.122. The average molecular weight is 187 g/mol. The van der Waals surface area contributed by atoms with Crippen molar-refractivity contribution in [2.24, 2.45) is 0 Å². The number of hydrogen-bond acceptors (Lipinski definition) is 5. The van der Waals surface area contributed by atoms with Crippen LogP contribution in [0.2, 0.25) is 0 Å². The van der Waals surface area contributed by atoms with Crippen molar-refractivity contribution < 1.29 is 5.11 Å². The predicted molar refractivity (Wildman–Crippen MR) is 49.6 cm³/mol. The molecule has 1 aromatic rings. The van der Waals surface area contributed by atoms with Gasteiger partial charge < -0.3 is 10.4 Å². The molecule has 4 nitrogen and oxygen atoms in total. The van der Waals surface area contributed by atoms with E-state index in [9.17, 15) is 0 Å². The van der Waals surface area contributed by atoms with E-state index in [-0.39, 0.29) is 6.61 Å². The second-order valence-corrected chi connectivity index (χ2v) is 3.51. The highest BCUT2D eigenvalue weighted by molar-refractivity contribution is 7.09. The number of nitrogens with zero attached hydrogens (tertiary/aromatic N) is 2. The quantitative estimate of drug-likeness (QED) is 0.740. The number of aliphatic hydroxyl groups excluding tert-OH is 1. The first-order chi connectivity index (χ1) is 5.74. The molecule has 1 rings (SSSR count). The molecule has 0 unspecified atom stereocenters. The van der Waals surface area contributed by atoms with Crippen molar-refractivity contribution in [3.8, 4) is 0 Å². The third-order valence-electron chi connectivity index (χ3n) is 1.35. The molecular formula is C7H13N3OS. The summed E-state index contributed by atoms with van der Waals surface area (Å²) in [5.41, 5.74) is 0. The zero-order chi connectivity index (χ0) is 8.97. The maximum atomic E-state index is 8.54. The molecule has 2 N–H and O–H groups in total. The van der Waals surface area contributed by atoms with E-state index in [0.29, 0.717) is 12.5 Å². The third kappa shape index (κ3) is 2.42. The average Bonchev–Trinajstić information content (AvgIpc) is 2.48. The minimum Gasteiger partial charge on any atom is -0.395 e. The summed E-state index contributed by atoms with van der Waals surface area (Å²) < 4.78 is 4.16. The lowest BCUT2D eigenvalue weighted by Crippen LogP contribution is -2.05. The van der Waals surface area contributed by atoms with Gasteiger partial charge in [0.2, 0.25) is 5.13 Å². The summed E-state index contributed by atoms with van der Waals surface area (Å²) in [6.45, 7) is 4.76. The fourth-order valence-electron chi connectivity index (χ4n) is 0.704. The van der Waals surface area contributed by atoms with Crippen molar-refractivity contribution in [1.29, 1.82) is 0 Å². The molecule has 0 aliphatic heterocycles. The van der Waals surface area contributed by atoms with Gasteiger partial charge in [0.15, 0.2) is 0 Å². The summed E-state index contributed by atoms with van der Waals surface area (Å²) in [7, 11) is 0. The van der Waals surface area contributed by atoms with Crippen molar-refractivity contribution in [2.45, 2.75) is 19.8 Å². The summed E-state index contributed by atoms with van der Waals surface area (Å²) in [4.78, 5) is 4.23. The Kier molecular flexibility index (Phi) is 3.43. The smallest absolute Gasteiger partial charge is 0.202 e. The molecule has 0 atom stereocenters. The lowest BCUT2D eigenvalue weighted by atomic mass is 10.2.